The van der Waals surface area contributed by atoms with Crippen molar-refractivity contribution in [3.63, 3.8) is 0 Å². The third-order valence-electron chi connectivity index (χ3n) is 9.60. The molecule has 1 aromatic carbocycles. The third kappa shape index (κ3) is 7.68. The van der Waals surface area contributed by atoms with Gasteiger partial charge in [-0.25, -0.2) is 9.10 Å². The second-order valence-corrected chi connectivity index (χ2v) is 14.8. The number of halogens is 1. The van der Waals surface area contributed by atoms with Crippen molar-refractivity contribution in [2.24, 2.45) is 11.8 Å². The van der Waals surface area contributed by atoms with Crippen LogP contribution >= 0.6 is 22.4 Å². The van der Waals surface area contributed by atoms with Crippen LogP contribution < -0.4 is 16.0 Å². The molecule has 1 saturated carbocycles. The van der Waals surface area contributed by atoms with Crippen LogP contribution in [0.25, 0.3) is 0 Å². The van der Waals surface area contributed by atoms with Crippen molar-refractivity contribution in [3.8, 4) is 0 Å². The normalized spacial score (nSPS) is 32.3. The van der Waals surface area contributed by atoms with Gasteiger partial charge in [0.15, 0.2) is 0 Å². The van der Waals surface area contributed by atoms with E-state index in [9.17, 15) is 23.8 Å². The Labute approximate surface area is 249 Å². The lowest BCUT2D eigenvalue weighted by Crippen LogP contribution is -2.56. The van der Waals surface area contributed by atoms with Crippen molar-refractivity contribution in [1.29, 1.82) is 0 Å². The zero-order chi connectivity index (χ0) is 29.0. The number of fused-ring (bicyclic) bond motifs is 2. The first-order valence-electron chi connectivity index (χ1n) is 15.1. The highest BCUT2D eigenvalue weighted by Gasteiger charge is 2.41. The molecular weight excluding hydrogens is 568 g/mol. The lowest BCUT2D eigenvalue weighted by Gasteiger charge is -2.49. The zero-order valence-electron chi connectivity index (χ0n) is 23.6. The number of benzene rings is 1. The van der Waals surface area contributed by atoms with Gasteiger partial charge in [-0.05, 0) is 80.9 Å². The second-order valence-electron chi connectivity index (χ2n) is 12.2. The van der Waals surface area contributed by atoms with Gasteiger partial charge in [-0.3, -0.25) is 13.9 Å². The van der Waals surface area contributed by atoms with Crippen LogP contribution in [-0.4, -0.2) is 86.7 Å². The number of piperazine rings is 1. The Morgan fingerprint density at radius 1 is 1.07 bits per heavy atom. The number of nitrogens with one attached hydrogen (secondary N) is 3. The van der Waals surface area contributed by atoms with Gasteiger partial charge in [0.25, 0.3) is 0 Å². The molecular formula is C29H45ClN4O6S. The zero-order valence-corrected chi connectivity index (χ0v) is 25.1. The SMILES string of the molecule is O=C(O)N[C@H](C(=O)N[C@H]1CCC[C@@H]1CC[C@H]1CN[C@@H]2CCCS(O)(O)N1C2)[C@@H](c1ccc(Cl)cc1)C1CCOCC1. The van der Waals surface area contributed by atoms with Gasteiger partial charge < -0.3 is 25.8 Å². The standard InChI is InChI=1S/C29H45ClN4O6S/c30-22-9-6-20(7-10-22)26(21-12-14-40-15-13-21)27(33-29(36)37)28(35)32-25-5-1-3-19(25)8-11-24-17-31-23-4-2-16-41(38,39)34(24)18-23/h6-7,9-10,19,21,23-27,31,33,38-39H,1-5,8,11-18H2,(H,32,35)(H,36,37)/t19-,23-,24+,25+,26+,27+/m1/s1. The first kappa shape index (κ1) is 30.8. The molecule has 6 N–H and O–H groups in total. The minimum atomic E-state index is -2.75. The summed E-state index contributed by atoms with van der Waals surface area (Å²) >= 11 is 6.15. The molecule has 12 heteroatoms. The molecule has 2 amide bonds. The highest BCUT2D eigenvalue weighted by atomic mass is 35.5. The number of carbonyl (C=O) groups is 2. The van der Waals surface area contributed by atoms with E-state index in [1.54, 1.807) is 12.1 Å². The average molecular weight is 613 g/mol. The number of carbonyl (C=O) groups excluding carboxylic acids is 1. The fraction of sp³-hybridized carbons (Fsp3) is 0.724. The highest BCUT2D eigenvalue weighted by Crippen LogP contribution is 2.49. The van der Waals surface area contributed by atoms with E-state index in [4.69, 9.17) is 16.3 Å². The number of hydrogen-bond acceptors (Lipinski definition) is 7. The maximum absolute atomic E-state index is 13.9. The summed E-state index contributed by atoms with van der Waals surface area (Å²) in [6.07, 6.45) is 6.57. The van der Waals surface area contributed by atoms with Crippen molar-refractivity contribution in [2.45, 2.75) is 87.9 Å². The topological polar surface area (TPSA) is 143 Å². The summed E-state index contributed by atoms with van der Waals surface area (Å²) < 4.78 is 29.1. The Hall–Kier alpha value is -1.60. The van der Waals surface area contributed by atoms with Crippen LogP contribution in [0.15, 0.2) is 24.3 Å². The first-order chi connectivity index (χ1) is 19.7. The van der Waals surface area contributed by atoms with Gasteiger partial charge in [-0.1, -0.05) is 30.2 Å². The molecule has 3 aliphatic heterocycles. The minimum Gasteiger partial charge on any atom is -0.465 e. The minimum absolute atomic E-state index is 0.0464. The van der Waals surface area contributed by atoms with Gasteiger partial charge >= 0.3 is 6.09 Å². The van der Waals surface area contributed by atoms with E-state index in [-0.39, 0.29) is 35.7 Å². The molecule has 3 heterocycles. The summed E-state index contributed by atoms with van der Waals surface area (Å²) in [5.41, 5.74) is 0.887. The van der Waals surface area contributed by atoms with Crippen LogP contribution in [0.1, 0.15) is 69.3 Å². The van der Waals surface area contributed by atoms with E-state index in [2.05, 4.69) is 16.0 Å². The van der Waals surface area contributed by atoms with Gasteiger partial charge in [0, 0.05) is 55.4 Å². The Balaban J connectivity index is 1.28. The molecule has 10 nitrogen and oxygen atoms in total. The summed E-state index contributed by atoms with van der Waals surface area (Å²) in [4.78, 5) is 25.8. The summed E-state index contributed by atoms with van der Waals surface area (Å²) in [6, 6.07) is 6.72. The van der Waals surface area contributed by atoms with Crippen LogP contribution in [-0.2, 0) is 9.53 Å². The molecule has 0 radical (unpaired) electrons. The van der Waals surface area contributed by atoms with Gasteiger partial charge in [0.05, 0.1) is 5.75 Å². The lowest BCUT2D eigenvalue weighted by molar-refractivity contribution is -0.125. The van der Waals surface area contributed by atoms with Gasteiger partial charge in [-0.15, -0.1) is 10.8 Å². The van der Waals surface area contributed by atoms with E-state index >= 15 is 0 Å². The predicted octanol–water partition coefficient (Wildman–Crippen LogP) is 4.65. The first-order valence-corrected chi connectivity index (χ1v) is 17.2. The molecule has 5 rings (SSSR count). The van der Waals surface area contributed by atoms with Crippen LogP contribution in [0.4, 0.5) is 4.79 Å². The van der Waals surface area contributed by atoms with Crippen LogP contribution in [0.3, 0.4) is 0 Å². The van der Waals surface area contributed by atoms with Crippen LogP contribution in [0.5, 0.6) is 0 Å². The molecule has 4 aliphatic rings. The number of amides is 2. The smallest absolute Gasteiger partial charge is 0.405 e. The van der Waals surface area contributed by atoms with Crippen molar-refractivity contribution in [3.05, 3.63) is 34.9 Å². The molecule has 3 saturated heterocycles. The van der Waals surface area contributed by atoms with E-state index < -0.39 is 22.9 Å². The molecule has 0 aromatic heterocycles. The molecule has 4 fully saturated rings. The molecule has 0 spiro atoms. The third-order valence-corrected chi connectivity index (χ3v) is 11.9. The Bertz CT molecular complexity index is 1040. The monoisotopic (exact) mass is 612 g/mol. The van der Waals surface area contributed by atoms with E-state index in [0.717, 1.165) is 69.9 Å². The number of carboxylic acid groups (broad SMARTS) is 1. The average Bonchev–Trinajstić information content (AvgIpc) is 3.35. The van der Waals surface area contributed by atoms with Crippen molar-refractivity contribution < 1.29 is 28.5 Å². The Morgan fingerprint density at radius 2 is 1.83 bits per heavy atom. The van der Waals surface area contributed by atoms with Gasteiger partial charge in [0.1, 0.15) is 6.04 Å². The van der Waals surface area contributed by atoms with E-state index in [1.807, 2.05) is 16.4 Å². The maximum Gasteiger partial charge on any atom is 0.405 e. The number of hydrogen-bond donors (Lipinski definition) is 6. The predicted molar refractivity (Wildman–Crippen MR) is 160 cm³/mol. The Kier molecular flexibility index (Phi) is 10.4. The molecule has 230 valence electrons. The van der Waals surface area contributed by atoms with E-state index in [1.165, 1.54) is 0 Å². The molecule has 41 heavy (non-hydrogen) atoms. The largest absolute Gasteiger partial charge is 0.465 e. The van der Waals surface area contributed by atoms with Crippen molar-refractivity contribution in [1.82, 2.24) is 20.3 Å². The molecule has 2 bridgehead atoms. The van der Waals surface area contributed by atoms with Gasteiger partial charge in [0.2, 0.25) is 5.91 Å². The van der Waals surface area contributed by atoms with Crippen LogP contribution in [0.2, 0.25) is 5.02 Å². The second kappa shape index (κ2) is 13.8. The molecule has 1 aromatic rings. The fourth-order valence-electron chi connectivity index (χ4n) is 7.47. The quantitative estimate of drug-likeness (QED) is 0.236. The Morgan fingerprint density at radius 3 is 2.56 bits per heavy atom. The van der Waals surface area contributed by atoms with Crippen molar-refractivity contribution in [2.75, 3.05) is 32.1 Å². The molecule has 1 aliphatic carbocycles. The summed E-state index contributed by atoms with van der Waals surface area (Å²) in [5, 5.41) is 19.8. The van der Waals surface area contributed by atoms with Gasteiger partial charge in [-0.2, -0.15) is 0 Å². The molecule has 7 atom stereocenters. The molecule has 1 unspecified atom stereocenters. The summed E-state index contributed by atoms with van der Waals surface area (Å²) in [7, 11) is -2.75. The maximum atomic E-state index is 13.9. The lowest BCUT2D eigenvalue weighted by atomic mass is 9.76. The fourth-order valence-corrected chi connectivity index (χ4v) is 9.46. The number of rotatable bonds is 9. The van der Waals surface area contributed by atoms with Crippen LogP contribution in [0, 0.1) is 11.8 Å². The number of ether oxygens (including phenoxy) is 1. The summed E-state index contributed by atoms with van der Waals surface area (Å²) in [6.45, 7) is 2.57. The van der Waals surface area contributed by atoms with E-state index in [0.29, 0.717) is 36.6 Å². The summed E-state index contributed by atoms with van der Waals surface area (Å²) in [5.74, 6) is 0.140. The number of nitrogens with zero attached hydrogens (tertiary/aromatic N) is 1. The highest BCUT2D eigenvalue weighted by molar-refractivity contribution is 8.22. The van der Waals surface area contributed by atoms with Crippen molar-refractivity contribution >= 4 is 34.4 Å².